The number of ether oxygens (including phenoxy) is 1. The standard InChI is InChI=1S/C16H20BrNO3/c1-10-7-12-8-11(15(20)16(2,3)17)5-6-13(12)18(10)14(19)9-21-4/h5-6,8,10H,7,9H2,1-4H3. The predicted molar refractivity (Wildman–Crippen MR) is 86.3 cm³/mol. The summed E-state index contributed by atoms with van der Waals surface area (Å²) < 4.78 is 4.35. The molecule has 114 valence electrons. The van der Waals surface area contributed by atoms with E-state index in [9.17, 15) is 9.59 Å². The van der Waals surface area contributed by atoms with E-state index in [-0.39, 0.29) is 24.3 Å². The minimum atomic E-state index is -0.586. The van der Waals surface area contributed by atoms with Crippen LogP contribution in [-0.2, 0) is 16.0 Å². The molecular formula is C16H20BrNO3. The SMILES string of the molecule is COCC(=O)N1c2ccc(C(=O)C(C)(C)Br)cc2CC1C. The summed E-state index contributed by atoms with van der Waals surface area (Å²) in [5, 5.41) is 0. The number of anilines is 1. The molecule has 0 aliphatic carbocycles. The van der Waals surface area contributed by atoms with Crippen LogP contribution in [0.2, 0.25) is 0 Å². The number of alkyl halides is 1. The Balaban J connectivity index is 2.34. The lowest BCUT2D eigenvalue weighted by Crippen LogP contribution is -2.38. The maximum Gasteiger partial charge on any atom is 0.253 e. The van der Waals surface area contributed by atoms with Crippen molar-refractivity contribution in [3.05, 3.63) is 29.3 Å². The van der Waals surface area contributed by atoms with Crippen LogP contribution < -0.4 is 4.90 Å². The Kier molecular flexibility index (Phi) is 4.54. The van der Waals surface area contributed by atoms with E-state index < -0.39 is 4.32 Å². The fourth-order valence-electron chi connectivity index (χ4n) is 2.69. The van der Waals surface area contributed by atoms with Gasteiger partial charge in [0.15, 0.2) is 5.78 Å². The molecule has 0 radical (unpaired) electrons. The van der Waals surface area contributed by atoms with Crippen LogP contribution in [0.15, 0.2) is 18.2 Å². The first-order valence-electron chi connectivity index (χ1n) is 6.93. The Morgan fingerprint density at radius 3 is 2.67 bits per heavy atom. The third kappa shape index (κ3) is 3.19. The van der Waals surface area contributed by atoms with Crippen LogP contribution in [0, 0.1) is 0 Å². The zero-order valence-corrected chi connectivity index (χ0v) is 14.4. The largest absolute Gasteiger partial charge is 0.375 e. The van der Waals surface area contributed by atoms with Crippen molar-refractivity contribution in [2.75, 3.05) is 18.6 Å². The van der Waals surface area contributed by atoms with Gasteiger partial charge in [0.25, 0.3) is 5.91 Å². The number of benzene rings is 1. The second kappa shape index (κ2) is 5.89. The molecule has 1 atom stereocenters. The van der Waals surface area contributed by atoms with Crippen LogP contribution in [0.5, 0.6) is 0 Å². The first-order valence-corrected chi connectivity index (χ1v) is 7.72. The van der Waals surface area contributed by atoms with E-state index in [0.717, 1.165) is 17.7 Å². The van der Waals surface area contributed by atoms with Crippen molar-refractivity contribution in [3.63, 3.8) is 0 Å². The Morgan fingerprint density at radius 1 is 1.43 bits per heavy atom. The molecule has 1 aliphatic rings. The molecule has 0 saturated carbocycles. The number of hydrogen-bond donors (Lipinski definition) is 0. The average Bonchev–Trinajstić information content (AvgIpc) is 2.71. The van der Waals surface area contributed by atoms with E-state index in [4.69, 9.17) is 4.74 Å². The molecular weight excluding hydrogens is 334 g/mol. The second-order valence-corrected chi connectivity index (χ2v) is 7.88. The first-order chi connectivity index (χ1) is 9.75. The number of methoxy groups -OCH3 is 1. The lowest BCUT2D eigenvalue weighted by atomic mass is 9.98. The molecule has 5 heteroatoms. The zero-order valence-electron chi connectivity index (χ0n) is 12.8. The Bertz CT molecular complexity index is 577. The molecule has 0 bridgehead atoms. The molecule has 1 aromatic carbocycles. The molecule has 1 aromatic rings. The van der Waals surface area contributed by atoms with E-state index in [1.165, 1.54) is 7.11 Å². The molecule has 21 heavy (non-hydrogen) atoms. The molecule has 2 rings (SSSR count). The topological polar surface area (TPSA) is 46.6 Å². The number of halogens is 1. The molecule has 0 aromatic heterocycles. The number of nitrogens with zero attached hydrogens (tertiary/aromatic N) is 1. The molecule has 1 unspecified atom stereocenters. The Labute approximate surface area is 133 Å². The number of Topliss-reactive ketones (excluding diaryl/α,β-unsaturated/α-hetero) is 1. The molecule has 1 heterocycles. The molecule has 1 amide bonds. The van der Waals surface area contributed by atoms with E-state index >= 15 is 0 Å². The molecule has 4 nitrogen and oxygen atoms in total. The quantitative estimate of drug-likeness (QED) is 0.617. The number of carbonyl (C=O) groups is 2. The van der Waals surface area contributed by atoms with Crippen molar-refractivity contribution in [1.29, 1.82) is 0 Å². The number of hydrogen-bond acceptors (Lipinski definition) is 3. The van der Waals surface area contributed by atoms with Gasteiger partial charge < -0.3 is 9.64 Å². The number of rotatable bonds is 4. The van der Waals surface area contributed by atoms with Crippen molar-refractivity contribution in [1.82, 2.24) is 0 Å². The molecule has 0 N–H and O–H groups in total. The van der Waals surface area contributed by atoms with Crippen LogP contribution >= 0.6 is 15.9 Å². The average molecular weight is 354 g/mol. The summed E-state index contributed by atoms with van der Waals surface area (Å²) in [6.07, 6.45) is 0.759. The summed E-state index contributed by atoms with van der Waals surface area (Å²) in [6, 6.07) is 5.63. The van der Waals surface area contributed by atoms with Gasteiger partial charge in [-0.1, -0.05) is 15.9 Å². The van der Waals surface area contributed by atoms with Crippen molar-refractivity contribution in [3.8, 4) is 0 Å². The van der Waals surface area contributed by atoms with Crippen molar-refractivity contribution in [2.24, 2.45) is 0 Å². The second-order valence-electron chi connectivity index (χ2n) is 5.89. The van der Waals surface area contributed by atoms with E-state index in [0.29, 0.717) is 5.56 Å². The molecule has 0 spiro atoms. The summed E-state index contributed by atoms with van der Waals surface area (Å²) in [4.78, 5) is 26.2. The van der Waals surface area contributed by atoms with Gasteiger partial charge in [-0.05, 0) is 51.0 Å². The van der Waals surface area contributed by atoms with E-state index in [1.807, 2.05) is 32.9 Å². The number of amides is 1. The highest BCUT2D eigenvalue weighted by molar-refractivity contribution is 9.10. The number of fused-ring (bicyclic) bond motifs is 1. The maximum absolute atomic E-state index is 12.3. The highest BCUT2D eigenvalue weighted by atomic mass is 79.9. The van der Waals surface area contributed by atoms with Crippen molar-refractivity contribution < 1.29 is 14.3 Å². The highest BCUT2D eigenvalue weighted by Crippen LogP contribution is 2.34. The third-order valence-electron chi connectivity index (χ3n) is 3.63. The van der Waals surface area contributed by atoms with Crippen LogP contribution in [0.1, 0.15) is 36.7 Å². The predicted octanol–water partition coefficient (Wildman–Crippen LogP) is 2.97. The third-order valence-corrected chi connectivity index (χ3v) is 3.99. The molecule has 1 aliphatic heterocycles. The number of carbonyl (C=O) groups excluding carboxylic acids is 2. The maximum atomic E-state index is 12.3. The lowest BCUT2D eigenvalue weighted by Gasteiger charge is -2.22. The summed E-state index contributed by atoms with van der Waals surface area (Å²) in [5.41, 5.74) is 2.59. The zero-order chi connectivity index (χ0) is 15.8. The van der Waals surface area contributed by atoms with Crippen molar-refractivity contribution >= 4 is 33.3 Å². The smallest absolute Gasteiger partial charge is 0.253 e. The van der Waals surface area contributed by atoms with Gasteiger partial charge in [0, 0.05) is 24.4 Å². The van der Waals surface area contributed by atoms with Gasteiger partial charge in [-0.2, -0.15) is 0 Å². The summed E-state index contributed by atoms with van der Waals surface area (Å²) in [6.45, 7) is 5.74. The van der Waals surface area contributed by atoms with Gasteiger partial charge in [-0.15, -0.1) is 0 Å². The van der Waals surface area contributed by atoms with Crippen LogP contribution in [0.25, 0.3) is 0 Å². The summed E-state index contributed by atoms with van der Waals surface area (Å²) in [5.74, 6) is -0.0109. The van der Waals surface area contributed by atoms with Gasteiger partial charge in [-0.25, -0.2) is 0 Å². The van der Waals surface area contributed by atoms with Gasteiger partial charge >= 0.3 is 0 Å². The monoisotopic (exact) mass is 353 g/mol. The van der Waals surface area contributed by atoms with Gasteiger partial charge in [0.1, 0.15) is 6.61 Å². The summed E-state index contributed by atoms with van der Waals surface area (Å²) >= 11 is 3.40. The van der Waals surface area contributed by atoms with Crippen LogP contribution in [0.3, 0.4) is 0 Å². The summed E-state index contributed by atoms with van der Waals surface area (Å²) in [7, 11) is 1.51. The minimum Gasteiger partial charge on any atom is -0.375 e. The first kappa shape index (κ1) is 16.2. The van der Waals surface area contributed by atoms with Crippen LogP contribution in [-0.4, -0.2) is 35.8 Å². The van der Waals surface area contributed by atoms with E-state index in [2.05, 4.69) is 15.9 Å². The number of ketones is 1. The minimum absolute atomic E-state index is 0.0413. The lowest BCUT2D eigenvalue weighted by molar-refractivity contribution is -0.122. The molecule has 0 fully saturated rings. The fourth-order valence-corrected chi connectivity index (χ4v) is 2.92. The van der Waals surface area contributed by atoms with Crippen molar-refractivity contribution in [2.45, 2.75) is 37.6 Å². The van der Waals surface area contributed by atoms with Crippen LogP contribution in [0.4, 0.5) is 5.69 Å². The Morgan fingerprint density at radius 2 is 2.10 bits per heavy atom. The Hall–Kier alpha value is -1.20. The highest BCUT2D eigenvalue weighted by Gasteiger charge is 2.32. The van der Waals surface area contributed by atoms with Gasteiger partial charge in [0.05, 0.1) is 4.32 Å². The van der Waals surface area contributed by atoms with E-state index in [1.54, 1.807) is 11.0 Å². The molecule has 0 saturated heterocycles. The fraction of sp³-hybridized carbons (Fsp3) is 0.500. The normalized spacial score (nSPS) is 17.8. The van der Waals surface area contributed by atoms with Gasteiger partial charge in [0.2, 0.25) is 0 Å². The van der Waals surface area contributed by atoms with Gasteiger partial charge in [-0.3, -0.25) is 9.59 Å².